The van der Waals surface area contributed by atoms with Gasteiger partial charge in [-0.3, -0.25) is 0 Å². The average molecular weight is 682 g/mol. The lowest BCUT2D eigenvalue weighted by Gasteiger charge is -2.36. The van der Waals surface area contributed by atoms with E-state index in [4.69, 9.17) is 9.47 Å². The predicted molar refractivity (Wildman–Crippen MR) is 185 cm³/mol. The Labute approximate surface area is 284 Å². The number of aliphatic hydroxyl groups excluding tert-OH is 1. The molecule has 1 fully saturated rings. The van der Waals surface area contributed by atoms with Crippen LogP contribution in [0.4, 0.5) is 0 Å². The van der Waals surface area contributed by atoms with Gasteiger partial charge in [-0.15, -0.1) is 11.8 Å². The number of thioether (sulfide) groups is 1. The van der Waals surface area contributed by atoms with Crippen molar-refractivity contribution in [2.24, 2.45) is 0 Å². The van der Waals surface area contributed by atoms with Crippen LogP contribution < -0.4 is 4.72 Å². The van der Waals surface area contributed by atoms with Gasteiger partial charge in [0.15, 0.2) is 6.29 Å². The molecule has 0 aromatic heterocycles. The lowest BCUT2D eigenvalue weighted by Crippen LogP contribution is -2.31. The van der Waals surface area contributed by atoms with Gasteiger partial charge in [-0.05, 0) is 70.3 Å². The Kier molecular flexibility index (Phi) is 10.7. The molecule has 3 atom stereocenters. The lowest BCUT2D eigenvalue weighted by atomic mass is 9.99. The maximum Gasteiger partial charge on any atom is 0.335 e. The SMILES string of the molecule is O=C(O)c1ccc(SC[C@H]2C[C@@H](c3ccc(CO)cc3)O[C@@H](c3ccc(-c4cccc(CNS(=O)(=O)c5ccccc5)c4)cc3)O2)cc1. The van der Waals surface area contributed by atoms with Gasteiger partial charge >= 0.3 is 5.97 Å². The molecule has 5 aromatic rings. The normalized spacial score (nSPS) is 18.0. The molecule has 0 saturated carbocycles. The van der Waals surface area contributed by atoms with Crippen molar-refractivity contribution in [1.29, 1.82) is 0 Å². The fourth-order valence-electron chi connectivity index (χ4n) is 5.46. The van der Waals surface area contributed by atoms with Crippen LogP contribution in [0.1, 0.15) is 51.4 Å². The monoisotopic (exact) mass is 681 g/mol. The van der Waals surface area contributed by atoms with Crippen LogP contribution in [0.5, 0.6) is 0 Å². The summed E-state index contributed by atoms with van der Waals surface area (Å²) < 4.78 is 41.0. The molecular weight excluding hydrogens is 647 g/mol. The molecule has 1 saturated heterocycles. The predicted octanol–water partition coefficient (Wildman–Crippen LogP) is 7.36. The van der Waals surface area contributed by atoms with Gasteiger partial charge in [-0.2, -0.15) is 0 Å². The zero-order valence-corrected chi connectivity index (χ0v) is 27.6. The molecule has 48 heavy (non-hydrogen) atoms. The average Bonchev–Trinajstić information content (AvgIpc) is 3.14. The Hall–Kier alpha value is -4.29. The van der Waals surface area contributed by atoms with Crippen LogP contribution in [0.3, 0.4) is 0 Å². The lowest BCUT2D eigenvalue weighted by molar-refractivity contribution is -0.245. The molecule has 0 unspecified atom stereocenters. The highest BCUT2D eigenvalue weighted by molar-refractivity contribution is 7.99. The first-order valence-corrected chi connectivity index (χ1v) is 17.9. The zero-order chi connectivity index (χ0) is 33.5. The third-order valence-electron chi connectivity index (χ3n) is 8.12. The third kappa shape index (κ3) is 8.40. The molecule has 8 nitrogen and oxygen atoms in total. The maximum absolute atomic E-state index is 12.7. The van der Waals surface area contributed by atoms with Crippen LogP contribution in [-0.4, -0.2) is 36.5 Å². The largest absolute Gasteiger partial charge is 0.478 e. The highest BCUT2D eigenvalue weighted by Crippen LogP contribution is 2.40. The van der Waals surface area contributed by atoms with E-state index in [2.05, 4.69) is 4.72 Å². The van der Waals surface area contributed by atoms with Crippen molar-refractivity contribution in [3.63, 3.8) is 0 Å². The minimum Gasteiger partial charge on any atom is -0.478 e. The standard InChI is InChI=1S/C38H35NO7S2/c40-24-26-9-11-29(12-10-26)36-22-33(25-47-34-19-17-30(18-20-34)37(41)42)45-38(46-36)31-15-13-28(14-16-31)32-6-4-5-27(21-32)23-39-48(43,44)35-7-2-1-3-8-35/h1-21,33,36,38-40H,22-25H2,(H,41,42)/t33-,36+,38+/m1/s1. The van der Waals surface area contributed by atoms with E-state index in [0.29, 0.717) is 12.2 Å². The summed E-state index contributed by atoms with van der Waals surface area (Å²) in [5.41, 5.74) is 5.69. The number of carbonyl (C=O) groups is 1. The molecule has 1 aliphatic rings. The maximum atomic E-state index is 12.7. The molecule has 246 valence electrons. The van der Waals surface area contributed by atoms with Crippen LogP contribution in [-0.2, 0) is 32.6 Å². The van der Waals surface area contributed by atoms with Crippen LogP contribution in [0.15, 0.2) is 137 Å². The van der Waals surface area contributed by atoms with E-state index >= 15 is 0 Å². The van der Waals surface area contributed by atoms with Crippen molar-refractivity contribution in [3.05, 3.63) is 155 Å². The molecule has 0 spiro atoms. The number of sulfonamides is 1. The Morgan fingerprint density at radius 1 is 0.771 bits per heavy atom. The zero-order valence-electron chi connectivity index (χ0n) is 25.9. The molecule has 0 amide bonds. The Bertz CT molecular complexity index is 1930. The summed E-state index contributed by atoms with van der Waals surface area (Å²) in [6, 6.07) is 38.6. The van der Waals surface area contributed by atoms with Gasteiger partial charge in [0.1, 0.15) is 0 Å². The molecule has 1 aliphatic heterocycles. The molecular formula is C38H35NO7S2. The molecule has 0 radical (unpaired) electrons. The fourth-order valence-corrected chi connectivity index (χ4v) is 7.42. The van der Waals surface area contributed by atoms with E-state index in [1.807, 2.05) is 84.9 Å². The summed E-state index contributed by atoms with van der Waals surface area (Å²) in [7, 11) is -3.62. The van der Waals surface area contributed by atoms with Crippen molar-refractivity contribution in [1.82, 2.24) is 4.72 Å². The van der Waals surface area contributed by atoms with Crippen molar-refractivity contribution in [3.8, 4) is 11.1 Å². The smallest absolute Gasteiger partial charge is 0.335 e. The summed E-state index contributed by atoms with van der Waals surface area (Å²) in [5.74, 6) is -0.307. The minimum atomic E-state index is -3.62. The number of carboxylic acids is 1. The molecule has 6 rings (SSSR count). The second kappa shape index (κ2) is 15.3. The summed E-state index contributed by atoms with van der Waals surface area (Å²) >= 11 is 1.60. The Balaban J connectivity index is 1.16. The van der Waals surface area contributed by atoms with E-state index in [-0.39, 0.29) is 35.8 Å². The first-order valence-electron chi connectivity index (χ1n) is 15.5. The van der Waals surface area contributed by atoms with Gasteiger partial charge in [0.2, 0.25) is 10.0 Å². The van der Waals surface area contributed by atoms with Gasteiger partial charge in [-0.1, -0.05) is 84.9 Å². The number of carboxylic acid groups (broad SMARTS) is 1. The van der Waals surface area contributed by atoms with Gasteiger partial charge in [0.05, 0.1) is 29.3 Å². The molecule has 0 bridgehead atoms. The Morgan fingerprint density at radius 3 is 2.17 bits per heavy atom. The highest BCUT2D eigenvalue weighted by atomic mass is 32.2. The number of hydrogen-bond acceptors (Lipinski definition) is 7. The molecule has 5 aromatic carbocycles. The molecule has 3 N–H and O–H groups in total. The number of hydrogen-bond donors (Lipinski definition) is 3. The summed E-state index contributed by atoms with van der Waals surface area (Å²) in [6.45, 7) is 0.132. The topological polar surface area (TPSA) is 122 Å². The van der Waals surface area contributed by atoms with E-state index in [1.165, 1.54) is 0 Å². The van der Waals surface area contributed by atoms with E-state index in [1.54, 1.807) is 54.2 Å². The van der Waals surface area contributed by atoms with Crippen LogP contribution in [0, 0.1) is 0 Å². The Morgan fingerprint density at radius 2 is 1.48 bits per heavy atom. The fraction of sp³-hybridized carbons (Fsp3) is 0.184. The first-order chi connectivity index (χ1) is 23.3. The van der Waals surface area contributed by atoms with Gasteiger partial charge in [0.25, 0.3) is 0 Å². The number of rotatable bonds is 12. The van der Waals surface area contributed by atoms with Gasteiger partial charge in [-0.25, -0.2) is 17.9 Å². The van der Waals surface area contributed by atoms with Crippen LogP contribution in [0.2, 0.25) is 0 Å². The highest BCUT2D eigenvalue weighted by Gasteiger charge is 2.32. The van der Waals surface area contributed by atoms with E-state index in [0.717, 1.165) is 38.3 Å². The van der Waals surface area contributed by atoms with Gasteiger partial charge in [0, 0.05) is 29.2 Å². The van der Waals surface area contributed by atoms with Crippen LogP contribution >= 0.6 is 11.8 Å². The molecule has 1 heterocycles. The molecule has 10 heteroatoms. The van der Waals surface area contributed by atoms with E-state index in [9.17, 15) is 23.4 Å². The third-order valence-corrected chi connectivity index (χ3v) is 10.7. The number of aromatic carboxylic acids is 1. The summed E-state index contributed by atoms with van der Waals surface area (Å²) in [6.07, 6.45) is -0.360. The van der Waals surface area contributed by atoms with Gasteiger partial charge < -0.3 is 19.7 Å². The molecule has 0 aliphatic carbocycles. The summed E-state index contributed by atoms with van der Waals surface area (Å²) in [5, 5.41) is 18.7. The van der Waals surface area contributed by atoms with Crippen LogP contribution in [0.25, 0.3) is 11.1 Å². The van der Waals surface area contributed by atoms with E-state index < -0.39 is 22.3 Å². The van der Waals surface area contributed by atoms with Crippen molar-refractivity contribution in [2.45, 2.75) is 47.9 Å². The quantitative estimate of drug-likeness (QED) is 0.117. The van der Waals surface area contributed by atoms with Crippen molar-refractivity contribution >= 4 is 27.8 Å². The number of benzene rings is 5. The van der Waals surface area contributed by atoms with Crippen molar-refractivity contribution < 1.29 is 32.9 Å². The number of nitrogens with one attached hydrogen (secondary N) is 1. The number of ether oxygens (including phenoxy) is 2. The first kappa shape index (κ1) is 33.6. The van der Waals surface area contributed by atoms with Crippen molar-refractivity contribution in [2.75, 3.05) is 5.75 Å². The minimum absolute atomic E-state index is 0.0317. The summed E-state index contributed by atoms with van der Waals surface area (Å²) in [4.78, 5) is 12.4. The number of aliphatic hydroxyl groups is 1. The second-order valence-corrected chi connectivity index (χ2v) is 14.3. The second-order valence-electron chi connectivity index (χ2n) is 11.5.